The molecule has 4 heteroatoms. The van der Waals surface area contributed by atoms with Crippen molar-refractivity contribution in [1.82, 2.24) is 19.9 Å². The fourth-order valence-electron chi connectivity index (χ4n) is 7.70. The van der Waals surface area contributed by atoms with Crippen molar-refractivity contribution < 1.29 is 0 Å². The molecule has 1 aliphatic heterocycles. The van der Waals surface area contributed by atoms with Gasteiger partial charge in [-0.2, -0.15) is 0 Å². The molecule has 0 radical (unpaired) electrons. The van der Waals surface area contributed by atoms with Gasteiger partial charge in [0.2, 0.25) is 0 Å². The molecule has 4 nitrogen and oxygen atoms in total. The lowest BCUT2D eigenvalue weighted by Crippen LogP contribution is -2.18. The number of benzene rings is 5. The summed E-state index contributed by atoms with van der Waals surface area (Å²) in [7, 11) is 2.12. The lowest BCUT2D eigenvalue weighted by molar-refractivity contribution is 0.390. The van der Waals surface area contributed by atoms with Gasteiger partial charge in [0.05, 0.1) is 34.2 Å². The first-order valence-electron chi connectivity index (χ1n) is 16.8. The maximum Gasteiger partial charge on any atom is 0.0791 e. The van der Waals surface area contributed by atoms with Crippen LogP contribution in [0.15, 0.2) is 146 Å². The summed E-state index contributed by atoms with van der Waals surface area (Å²) in [5.41, 5.74) is 11.9. The van der Waals surface area contributed by atoms with E-state index in [0.29, 0.717) is 0 Å². The highest BCUT2D eigenvalue weighted by Crippen LogP contribution is 2.45. The Kier molecular flexibility index (Phi) is 6.84. The van der Waals surface area contributed by atoms with Crippen LogP contribution in [-0.4, -0.2) is 26.9 Å². The van der Waals surface area contributed by atoms with Crippen molar-refractivity contribution in [2.75, 3.05) is 7.05 Å². The second-order valence-electron chi connectivity index (χ2n) is 13.0. The Morgan fingerprint density at radius 2 is 1.06 bits per heavy atom. The molecule has 4 heterocycles. The van der Waals surface area contributed by atoms with Crippen LogP contribution in [0.25, 0.3) is 77.1 Å². The highest BCUT2D eigenvalue weighted by atomic mass is 15.1. The predicted octanol–water partition coefficient (Wildman–Crippen LogP) is 11.2. The summed E-state index contributed by atoms with van der Waals surface area (Å²) < 4.78 is 0. The largest absolute Gasteiger partial charge is 0.370 e. The van der Waals surface area contributed by atoms with Crippen molar-refractivity contribution in [3.05, 3.63) is 163 Å². The van der Waals surface area contributed by atoms with E-state index in [0.717, 1.165) is 55.6 Å². The van der Waals surface area contributed by atoms with Gasteiger partial charge in [0.1, 0.15) is 0 Å². The molecule has 0 amide bonds. The van der Waals surface area contributed by atoms with Crippen molar-refractivity contribution >= 4 is 43.4 Å². The van der Waals surface area contributed by atoms with Gasteiger partial charge in [0, 0.05) is 51.5 Å². The molecule has 5 aromatic carbocycles. The number of allylic oxidation sites excluding steroid dienone is 2. The molecule has 234 valence electrons. The molecular weight excluding hydrogens is 597 g/mol. The maximum atomic E-state index is 5.38. The molecule has 49 heavy (non-hydrogen) atoms. The first-order chi connectivity index (χ1) is 24.1. The molecule has 3 aromatic heterocycles. The number of likely N-dealkylation sites (N-methyl/N-ethyl adjacent to an activating group) is 1. The molecule has 8 aromatic rings. The fourth-order valence-corrected chi connectivity index (χ4v) is 7.70. The zero-order chi connectivity index (χ0) is 33.1. The Morgan fingerprint density at radius 1 is 0.531 bits per heavy atom. The molecule has 1 aliphatic rings. The molecule has 0 aliphatic carbocycles. The van der Waals surface area contributed by atoms with Gasteiger partial charge >= 0.3 is 0 Å². The van der Waals surface area contributed by atoms with E-state index < -0.39 is 0 Å². The number of para-hydroxylation sites is 2. The third-order valence-corrected chi connectivity index (χ3v) is 10.1. The smallest absolute Gasteiger partial charge is 0.0791 e. The van der Waals surface area contributed by atoms with E-state index in [4.69, 9.17) is 9.97 Å². The Hall–Kier alpha value is -6.13. The van der Waals surface area contributed by atoms with Gasteiger partial charge in [0.15, 0.2) is 0 Å². The second kappa shape index (κ2) is 11.5. The molecular formula is C45H34N4. The van der Waals surface area contributed by atoms with Crippen LogP contribution in [0.3, 0.4) is 0 Å². The van der Waals surface area contributed by atoms with Crippen LogP contribution in [0.5, 0.6) is 0 Å². The fraction of sp³-hybridized carbons (Fsp3) is 0.0889. The van der Waals surface area contributed by atoms with E-state index in [-0.39, 0.29) is 6.04 Å². The van der Waals surface area contributed by atoms with Crippen molar-refractivity contribution in [2.24, 2.45) is 0 Å². The van der Waals surface area contributed by atoms with E-state index in [1.54, 1.807) is 0 Å². The molecule has 0 saturated heterocycles. The molecule has 1 atom stereocenters. The standard InChI is InChI=1S/C45H34N4/c1-28-41-35-13-5-7-16-38(35)48-45(33-24-20-31(21-25-33)39-17-9-11-27-49(39)3)43(41)29(2)40-34-12-4-6-15-37(34)47-44(42(28)40)32-22-18-30(19-23-32)36-14-8-10-26-46-36/h4-27,39H,1-3H3. The molecule has 9 rings (SSSR count). The quantitative estimate of drug-likeness (QED) is 0.143. The van der Waals surface area contributed by atoms with E-state index in [2.05, 4.69) is 152 Å². The minimum absolute atomic E-state index is 0.212. The normalized spacial score (nSPS) is 14.4. The average Bonchev–Trinajstić information content (AvgIpc) is 3.16. The number of fused-ring (bicyclic) bond motifs is 6. The maximum absolute atomic E-state index is 5.38. The third kappa shape index (κ3) is 4.71. The van der Waals surface area contributed by atoms with Gasteiger partial charge < -0.3 is 4.90 Å². The Bertz CT molecular complexity index is 2620. The van der Waals surface area contributed by atoms with Crippen LogP contribution < -0.4 is 0 Å². The molecule has 0 saturated carbocycles. The highest BCUT2D eigenvalue weighted by Gasteiger charge is 2.23. The Labute approximate surface area is 285 Å². The number of nitrogens with zero attached hydrogens (tertiary/aromatic N) is 4. The van der Waals surface area contributed by atoms with Gasteiger partial charge in [-0.1, -0.05) is 103 Å². The van der Waals surface area contributed by atoms with E-state index in [9.17, 15) is 0 Å². The summed E-state index contributed by atoms with van der Waals surface area (Å²) in [4.78, 5) is 17.5. The molecule has 0 bridgehead atoms. The predicted molar refractivity (Wildman–Crippen MR) is 204 cm³/mol. The van der Waals surface area contributed by atoms with Crippen LogP contribution in [0.1, 0.15) is 22.7 Å². The summed E-state index contributed by atoms with van der Waals surface area (Å²) in [6.45, 7) is 4.54. The molecule has 0 fully saturated rings. The number of aryl methyl sites for hydroxylation is 2. The monoisotopic (exact) mass is 630 g/mol. The van der Waals surface area contributed by atoms with Gasteiger partial charge in [-0.3, -0.25) is 4.98 Å². The van der Waals surface area contributed by atoms with Crippen LogP contribution in [0.4, 0.5) is 0 Å². The van der Waals surface area contributed by atoms with Gasteiger partial charge in [-0.15, -0.1) is 0 Å². The second-order valence-corrected chi connectivity index (χ2v) is 13.0. The van der Waals surface area contributed by atoms with Crippen LogP contribution in [-0.2, 0) is 0 Å². The first kappa shape index (κ1) is 29.0. The number of hydrogen-bond acceptors (Lipinski definition) is 4. The molecule has 1 unspecified atom stereocenters. The zero-order valence-electron chi connectivity index (χ0n) is 27.7. The number of hydrogen-bond donors (Lipinski definition) is 0. The van der Waals surface area contributed by atoms with Crippen molar-refractivity contribution in [3.8, 4) is 33.8 Å². The van der Waals surface area contributed by atoms with E-state index in [1.165, 1.54) is 38.2 Å². The van der Waals surface area contributed by atoms with Crippen molar-refractivity contribution in [1.29, 1.82) is 0 Å². The number of pyridine rings is 3. The zero-order valence-corrected chi connectivity index (χ0v) is 27.7. The average molecular weight is 631 g/mol. The summed E-state index contributed by atoms with van der Waals surface area (Å²) in [6, 6.07) is 41.0. The van der Waals surface area contributed by atoms with E-state index >= 15 is 0 Å². The molecule has 0 spiro atoms. The van der Waals surface area contributed by atoms with Crippen LogP contribution >= 0.6 is 0 Å². The highest BCUT2D eigenvalue weighted by molar-refractivity contribution is 6.25. The summed E-state index contributed by atoms with van der Waals surface area (Å²) in [6.07, 6.45) is 10.4. The molecule has 0 N–H and O–H groups in total. The van der Waals surface area contributed by atoms with Crippen molar-refractivity contribution in [3.63, 3.8) is 0 Å². The van der Waals surface area contributed by atoms with Crippen molar-refractivity contribution in [2.45, 2.75) is 19.9 Å². The minimum atomic E-state index is 0.212. The Morgan fingerprint density at radius 3 is 1.61 bits per heavy atom. The SMILES string of the molecule is Cc1c2c(-c3ccc(C4C=CC=CN4C)cc3)nc3ccccc3c2c(C)c2c(-c3ccc(-c4ccccn4)cc3)nc3ccccc3c12. The van der Waals surface area contributed by atoms with E-state index in [1.807, 2.05) is 24.4 Å². The topological polar surface area (TPSA) is 41.9 Å². The Balaban J connectivity index is 1.33. The first-order valence-corrected chi connectivity index (χ1v) is 16.8. The van der Waals surface area contributed by atoms with Gasteiger partial charge in [-0.25, -0.2) is 9.97 Å². The summed E-state index contributed by atoms with van der Waals surface area (Å²) in [5, 5.41) is 7.16. The van der Waals surface area contributed by atoms with Gasteiger partial charge in [-0.05, 0) is 77.9 Å². The van der Waals surface area contributed by atoms with Crippen LogP contribution in [0.2, 0.25) is 0 Å². The van der Waals surface area contributed by atoms with Crippen LogP contribution in [0, 0.1) is 13.8 Å². The summed E-state index contributed by atoms with van der Waals surface area (Å²) in [5.74, 6) is 0. The number of aromatic nitrogens is 3. The minimum Gasteiger partial charge on any atom is -0.370 e. The third-order valence-electron chi connectivity index (χ3n) is 10.1. The lowest BCUT2D eigenvalue weighted by atomic mass is 9.85. The van der Waals surface area contributed by atoms with Gasteiger partial charge in [0.25, 0.3) is 0 Å². The lowest BCUT2D eigenvalue weighted by Gasteiger charge is -2.26. The number of rotatable bonds is 4. The summed E-state index contributed by atoms with van der Waals surface area (Å²) >= 11 is 0.